The highest BCUT2D eigenvalue weighted by Gasteiger charge is 2.17. The van der Waals surface area contributed by atoms with E-state index in [4.69, 9.17) is 0 Å². The van der Waals surface area contributed by atoms with E-state index in [0.717, 1.165) is 18.5 Å². The van der Waals surface area contributed by atoms with E-state index < -0.39 is 0 Å². The molecule has 1 unspecified atom stereocenters. The quantitative estimate of drug-likeness (QED) is 0.640. The standard InChI is InChI=1S/C11H23N/c1-3-12-10(2)11-8-6-4-5-7-9-11/h10-12H,3-9H2,1-2H3. The molecule has 72 valence electrons. The molecule has 1 aliphatic carbocycles. The average molecular weight is 169 g/mol. The van der Waals surface area contributed by atoms with Gasteiger partial charge in [-0.05, 0) is 32.2 Å². The normalized spacial score (nSPS) is 23.5. The molecule has 0 amide bonds. The van der Waals surface area contributed by atoms with Crippen molar-refractivity contribution in [3.8, 4) is 0 Å². The lowest BCUT2D eigenvalue weighted by atomic mass is 9.93. The molecule has 0 saturated heterocycles. The van der Waals surface area contributed by atoms with Crippen LogP contribution in [0.1, 0.15) is 52.4 Å². The summed E-state index contributed by atoms with van der Waals surface area (Å²) in [6.07, 6.45) is 8.76. The van der Waals surface area contributed by atoms with E-state index in [9.17, 15) is 0 Å². The summed E-state index contributed by atoms with van der Waals surface area (Å²) in [5.41, 5.74) is 0. The minimum atomic E-state index is 0.744. The molecule has 0 aliphatic heterocycles. The lowest BCUT2D eigenvalue weighted by Crippen LogP contribution is -2.33. The predicted molar refractivity (Wildman–Crippen MR) is 54.3 cm³/mol. The first-order valence-electron chi connectivity index (χ1n) is 5.58. The van der Waals surface area contributed by atoms with Gasteiger partial charge in [-0.15, -0.1) is 0 Å². The largest absolute Gasteiger partial charge is 0.314 e. The molecular formula is C11H23N. The van der Waals surface area contributed by atoms with Crippen LogP contribution in [0.2, 0.25) is 0 Å². The second-order valence-corrected chi connectivity index (χ2v) is 4.10. The van der Waals surface area contributed by atoms with Crippen LogP contribution in [0.15, 0.2) is 0 Å². The van der Waals surface area contributed by atoms with E-state index in [0.29, 0.717) is 0 Å². The second-order valence-electron chi connectivity index (χ2n) is 4.10. The van der Waals surface area contributed by atoms with Crippen LogP contribution >= 0.6 is 0 Å². The minimum Gasteiger partial charge on any atom is -0.314 e. The molecule has 0 bridgehead atoms. The van der Waals surface area contributed by atoms with E-state index in [2.05, 4.69) is 19.2 Å². The van der Waals surface area contributed by atoms with Gasteiger partial charge in [0, 0.05) is 6.04 Å². The molecule has 1 aliphatic rings. The van der Waals surface area contributed by atoms with Crippen molar-refractivity contribution in [2.24, 2.45) is 5.92 Å². The van der Waals surface area contributed by atoms with Gasteiger partial charge < -0.3 is 5.32 Å². The van der Waals surface area contributed by atoms with Gasteiger partial charge in [-0.2, -0.15) is 0 Å². The van der Waals surface area contributed by atoms with E-state index in [1.165, 1.54) is 38.5 Å². The van der Waals surface area contributed by atoms with Gasteiger partial charge in [0.2, 0.25) is 0 Å². The van der Waals surface area contributed by atoms with Crippen molar-refractivity contribution in [3.05, 3.63) is 0 Å². The third kappa shape index (κ3) is 3.14. The van der Waals surface area contributed by atoms with E-state index in [1.54, 1.807) is 0 Å². The molecule has 1 nitrogen and oxygen atoms in total. The monoisotopic (exact) mass is 169 g/mol. The average Bonchev–Trinajstić information content (AvgIpc) is 2.32. The van der Waals surface area contributed by atoms with Gasteiger partial charge in [-0.3, -0.25) is 0 Å². The van der Waals surface area contributed by atoms with Gasteiger partial charge in [0.25, 0.3) is 0 Å². The Morgan fingerprint density at radius 2 is 1.75 bits per heavy atom. The molecule has 0 spiro atoms. The summed E-state index contributed by atoms with van der Waals surface area (Å²) >= 11 is 0. The maximum atomic E-state index is 3.54. The van der Waals surface area contributed by atoms with Crippen LogP contribution in [-0.4, -0.2) is 12.6 Å². The molecule has 0 heterocycles. The topological polar surface area (TPSA) is 12.0 Å². The van der Waals surface area contributed by atoms with E-state index in [-0.39, 0.29) is 0 Å². The molecular weight excluding hydrogens is 146 g/mol. The second kappa shape index (κ2) is 5.58. The van der Waals surface area contributed by atoms with Crippen molar-refractivity contribution in [3.63, 3.8) is 0 Å². The third-order valence-corrected chi connectivity index (χ3v) is 3.13. The molecule has 0 aromatic rings. The lowest BCUT2D eigenvalue weighted by molar-refractivity contribution is 0.343. The summed E-state index contributed by atoms with van der Waals surface area (Å²) in [5.74, 6) is 0.951. The highest BCUT2D eigenvalue weighted by atomic mass is 14.9. The van der Waals surface area contributed by atoms with Crippen LogP contribution in [0.5, 0.6) is 0 Å². The third-order valence-electron chi connectivity index (χ3n) is 3.13. The molecule has 0 radical (unpaired) electrons. The number of nitrogens with one attached hydrogen (secondary N) is 1. The summed E-state index contributed by atoms with van der Waals surface area (Å²) < 4.78 is 0. The van der Waals surface area contributed by atoms with Crippen molar-refractivity contribution in [2.75, 3.05) is 6.54 Å². The Kier molecular flexibility index (Phi) is 4.67. The van der Waals surface area contributed by atoms with Crippen LogP contribution in [-0.2, 0) is 0 Å². The Morgan fingerprint density at radius 1 is 1.17 bits per heavy atom. The number of hydrogen-bond acceptors (Lipinski definition) is 1. The van der Waals surface area contributed by atoms with Crippen LogP contribution < -0.4 is 5.32 Å². The fourth-order valence-electron chi connectivity index (χ4n) is 2.30. The zero-order chi connectivity index (χ0) is 8.81. The molecule has 1 rings (SSSR count). The first kappa shape index (κ1) is 10.0. The summed E-state index contributed by atoms with van der Waals surface area (Å²) in [4.78, 5) is 0. The summed E-state index contributed by atoms with van der Waals surface area (Å²) in [5, 5.41) is 3.54. The van der Waals surface area contributed by atoms with Gasteiger partial charge in [-0.25, -0.2) is 0 Å². The first-order valence-corrected chi connectivity index (χ1v) is 5.58. The van der Waals surface area contributed by atoms with Crippen molar-refractivity contribution in [1.82, 2.24) is 5.32 Å². The molecule has 1 fully saturated rings. The maximum absolute atomic E-state index is 3.54. The Morgan fingerprint density at radius 3 is 2.25 bits per heavy atom. The fraction of sp³-hybridized carbons (Fsp3) is 1.00. The lowest BCUT2D eigenvalue weighted by Gasteiger charge is -2.22. The van der Waals surface area contributed by atoms with Gasteiger partial charge in [-0.1, -0.05) is 32.6 Å². The molecule has 1 N–H and O–H groups in total. The highest BCUT2D eigenvalue weighted by Crippen LogP contribution is 2.25. The Labute approximate surface area is 76.9 Å². The Hall–Kier alpha value is -0.0400. The Balaban J connectivity index is 2.27. The molecule has 0 aromatic heterocycles. The van der Waals surface area contributed by atoms with E-state index >= 15 is 0 Å². The van der Waals surface area contributed by atoms with Crippen LogP contribution in [0, 0.1) is 5.92 Å². The fourth-order valence-corrected chi connectivity index (χ4v) is 2.30. The van der Waals surface area contributed by atoms with Gasteiger partial charge in [0.1, 0.15) is 0 Å². The molecule has 12 heavy (non-hydrogen) atoms. The predicted octanol–water partition coefficient (Wildman–Crippen LogP) is 2.95. The molecule has 1 atom stereocenters. The van der Waals surface area contributed by atoms with Crippen molar-refractivity contribution >= 4 is 0 Å². The zero-order valence-corrected chi connectivity index (χ0v) is 8.60. The Bertz CT molecular complexity index is 104. The van der Waals surface area contributed by atoms with Crippen LogP contribution in [0.25, 0.3) is 0 Å². The first-order chi connectivity index (χ1) is 5.84. The summed E-state index contributed by atoms with van der Waals surface area (Å²) in [6, 6.07) is 0.744. The van der Waals surface area contributed by atoms with Crippen LogP contribution in [0.4, 0.5) is 0 Å². The summed E-state index contributed by atoms with van der Waals surface area (Å²) in [6.45, 7) is 5.67. The molecule has 0 aromatic carbocycles. The smallest absolute Gasteiger partial charge is 0.00668 e. The summed E-state index contributed by atoms with van der Waals surface area (Å²) in [7, 11) is 0. The van der Waals surface area contributed by atoms with Gasteiger partial charge >= 0.3 is 0 Å². The maximum Gasteiger partial charge on any atom is 0.00668 e. The SMILES string of the molecule is CCNC(C)C1CCCCCC1. The number of rotatable bonds is 3. The van der Waals surface area contributed by atoms with Crippen molar-refractivity contribution < 1.29 is 0 Å². The molecule has 1 saturated carbocycles. The minimum absolute atomic E-state index is 0.744. The van der Waals surface area contributed by atoms with E-state index in [1.807, 2.05) is 0 Å². The van der Waals surface area contributed by atoms with Gasteiger partial charge in [0.05, 0.1) is 0 Å². The molecule has 1 heteroatoms. The van der Waals surface area contributed by atoms with Crippen molar-refractivity contribution in [1.29, 1.82) is 0 Å². The van der Waals surface area contributed by atoms with Crippen molar-refractivity contribution in [2.45, 2.75) is 58.4 Å². The number of hydrogen-bond donors (Lipinski definition) is 1. The van der Waals surface area contributed by atoms with Crippen LogP contribution in [0.3, 0.4) is 0 Å². The highest BCUT2D eigenvalue weighted by molar-refractivity contribution is 4.74. The van der Waals surface area contributed by atoms with Gasteiger partial charge in [0.15, 0.2) is 0 Å². The zero-order valence-electron chi connectivity index (χ0n) is 8.60.